The van der Waals surface area contributed by atoms with Gasteiger partial charge in [-0.3, -0.25) is 9.59 Å². The van der Waals surface area contributed by atoms with Crippen LogP contribution in [0.3, 0.4) is 0 Å². The standard InChI is InChI=1S/C21H29N5O3/c1-14-18(4-5-21(28)24-8-10-29-11-9-24)15(2)26-20(22-14)12-19(23-26)17-6-7-25(13-17)16(3)27/h12,17H,4-11,13H2,1-3H3/t17-/m0/s1. The number of aryl methyl sites for hydroxylation is 2. The van der Waals surface area contributed by atoms with Crippen molar-refractivity contribution in [2.45, 2.75) is 46.0 Å². The molecule has 2 amide bonds. The highest BCUT2D eigenvalue weighted by Crippen LogP contribution is 2.28. The lowest BCUT2D eigenvalue weighted by molar-refractivity contribution is -0.135. The van der Waals surface area contributed by atoms with Gasteiger partial charge in [-0.2, -0.15) is 5.10 Å². The van der Waals surface area contributed by atoms with Crippen molar-refractivity contribution in [3.05, 3.63) is 28.7 Å². The molecule has 0 spiro atoms. The fourth-order valence-corrected chi connectivity index (χ4v) is 4.40. The molecule has 0 aliphatic carbocycles. The number of amides is 2. The Hall–Kier alpha value is -2.48. The predicted molar refractivity (Wildman–Crippen MR) is 108 cm³/mol. The topological polar surface area (TPSA) is 80.0 Å². The molecule has 4 rings (SSSR count). The van der Waals surface area contributed by atoms with Crippen LogP contribution in [-0.4, -0.2) is 75.6 Å². The number of nitrogens with zero attached hydrogens (tertiary/aromatic N) is 5. The van der Waals surface area contributed by atoms with Crippen LogP contribution in [0.15, 0.2) is 6.07 Å². The first-order valence-corrected chi connectivity index (χ1v) is 10.4. The van der Waals surface area contributed by atoms with Crippen molar-refractivity contribution < 1.29 is 14.3 Å². The van der Waals surface area contributed by atoms with E-state index in [9.17, 15) is 9.59 Å². The van der Waals surface area contributed by atoms with Gasteiger partial charge in [0.25, 0.3) is 0 Å². The fourth-order valence-electron chi connectivity index (χ4n) is 4.40. The van der Waals surface area contributed by atoms with Gasteiger partial charge in [0.15, 0.2) is 5.65 Å². The minimum atomic E-state index is 0.119. The number of aromatic nitrogens is 3. The Morgan fingerprint density at radius 2 is 1.93 bits per heavy atom. The zero-order chi connectivity index (χ0) is 20.5. The molecule has 0 radical (unpaired) electrons. The summed E-state index contributed by atoms with van der Waals surface area (Å²) in [6.45, 7) is 9.76. The predicted octanol–water partition coefficient (Wildman–Crippen LogP) is 1.47. The lowest BCUT2D eigenvalue weighted by Gasteiger charge is -2.27. The number of ether oxygens (including phenoxy) is 1. The van der Waals surface area contributed by atoms with E-state index in [1.54, 1.807) is 6.92 Å². The zero-order valence-corrected chi connectivity index (χ0v) is 17.5. The molecule has 29 heavy (non-hydrogen) atoms. The second kappa shape index (κ2) is 8.10. The average Bonchev–Trinajstić information content (AvgIpc) is 3.35. The highest BCUT2D eigenvalue weighted by atomic mass is 16.5. The monoisotopic (exact) mass is 399 g/mol. The SMILES string of the molecule is CC(=O)N1CC[C@H](c2cc3nc(C)c(CCC(=O)N4CCOCC4)c(C)n3n2)C1. The Labute approximate surface area is 170 Å². The maximum absolute atomic E-state index is 12.5. The number of morpholine rings is 1. The third-order valence-corrected chi connectivity index (χ3v) is 6.19. The van der Waals surface area contributed by atoms with Gasteiger partial charge in [0.2, 0.25) is 11.8 Å². The summed E-state index contributed by atoms with van der Waals surface area (Å²) in [6, 6.07) is 2.04. The number of hydrogen-bond donors (Lipinski definition) is 0. The van der Waals surface area contributed by atoms with Gasteiger partial charge in [-0.1, -0.05) is 0 Å². The summed E-state index contributed by atoms with van der Waals surface area (Å²) in [5.41, 5.74) is 4.90. The van der Waals surface area contributed by atoms with Gasteiger partial charge in [0.05, 0.1) is 18.9 Å². The molecule has 0 saturated carbocycles. The van der Waals surface area contributed by atoms with Crippen LogP contribution < -0.4 is 0 Å². The molecule has 2 aliphatic rings. The van der Waals surface area contributed by atoms with E-state index in [-0.39, 0.29) is 17.7 Å². The van der Waals surface area contributed by atoms with Gasteiger partial charge >= 0.3 is 0 Å². The van der Waals surface area contributed by atoms with Gasteiger partial charge in [0, 0.05) is 62.9 Å². The molecule has 8 heteroatoms. The summed E-state index contributed by atoms with van der Waals surface area (Å²) in [4.78, 5) is 32.7. The van der Waals surface area contributed by atoms with E-state index >= 15 is 0 Å². The molecule has 0 bridgehead atoms. The first kappa shape index (κ1) is 19.8. The number of carbonyl (C=O) groups excluding carboxylic acids is 2. The average molecular weight is 399 g/mol. The van der Waals surface area contributed by atoms with E-state index in [1.807, 2.05) is 34.2 Å². The van der Waals surface area contributed by atoms with Crippen molar-refractivity contribution in [3.63, 3.8) is 0 Å². The molecule has 4 heterocycles. The van der Waals surface area contributed by atoms with Crippen LogP contribution >= 0.6 is 0 Å². The Balaban J connectivity index is 1.51. The number of fused-ring (bicyclic) bond motifs is 1. The van der Waals surface area contributed by atoms with E-state index in [4.69, 9.17) is 14.8 Å². The van der Waals surface area contributed by atoms with Crippen LogP contribution in [0.1, 0.15) is 48.3 Å². The fraction of sp³-hybridized carbons (Fsp3) is 0.619. The van der Waals surface area contributed by atoms with Gasteiger partial charge in [0.1, 0.15) is 0 Å². The third kappa shape index (κ3) is 3.99. The van der Waals surface area contributed by atoms with Crippen LogP contribution in [-0.2, 0) is 20.7 Å². The molecule has 0 N–H and O–H groups in total. The number of likely N-dealkylation sites (tertiary alicyclic amines) is 1. The number of rotatable bonds is 4. The van der Waals surface area contributed by atoms with Crippen molar-refractivity contribution in [1.82, 2.24) is 24.4 Å². The lowest BCUT2D eigenvalue weighted by atomic mass is 10.1. The minimum absolute atomic E-state index is 0.119. The number of carbonyl (C=O) groups is 2. The summed E-state index contributed by atoms with van der Waals surface area (Å²) in [7, 11) is 0. The highest BCUT2D eigenvalue weighted by Gasteiger charge is 2.28. The smallest absolute Gasteiger partial charge is 0.223 e. The van der Waals surface area contributed by atoms with Gasteiger partial charge in [-0.05, 0) is 32.3 Å². The van der Waals surface area contributed by atoms with Crippen LogP contribution in [0.25, 0.3) is 5.65 Å². The van der Waals surface area contributed by atoms with Crippen molar-refractivity contribution in [1.29, 1.82) is 0 Å². The van der Waals surface area contributed by atoms with Crippen LogP contribution in [0.4, 0.5) is 0 Å². The highest BCUT2D eigenvalue weighted by molar-refractivity contribution is 5.76. The van der Waals surface area contributed by atoms with Crippen molar-refractivity contribution in [2.75, 3.05) is 39.4 Å². The summed E-state index contributed by atoms with van der Waals surface area (Å²) in [6.07, 6.45) is 2.06. The van der Waals surface area contributed by atoms with E-state index in [2.05, 4.69) is 0 Å². The molecular weight excluding hydrogens is 370 g/mol. The molecule has 0 unspecified atom stereocenters. The molecule has 2 aliphatic heterocycles. The van der Waals surface area contributed by atoms with Crippen LogP contribution in [0, 0.1) is 13.8 Å². The summed E-state index contributed by atoms with van der Waals surface area (Å²) < 4.78 is 7.22. The molecule has 2 fully saturated rings. The molecule has 2 saturated heterocycles. The quantitative estimate of drug-likeness (QED) is 0.778. The first-order valence-electron chi connectivity index (χ1n) is 10.4. The summed E-state index contributed by atoms with van der Waals surface area (Å²) in [5, 5.41) is 4.81. The molecule has 8 nitrogen and oxygen atoms in total. The third-order valence-electron chi connectivity index (χ3n) is 6.19. The molecule has 2 aromatic heterocycles. The molecule has 0 aromatic carbocycles. The Kier molecular flexibility index (Phi) is 5.54. The van der Waals surface area contributed by atoms with Gasteiger partial charge < -0.3 is 14.5 Å². The molecular formula is C21H29N5O3. The van der Waals surface area contributed by atoms with Crippen molar-refractivity contribution in [2.24, 2.45) is 0 Å². The van der Waals surface area contributed by atoms with E-state index in [1.165, 1.54) is 0 Å². The second-order valence-electron chi connectivity index (χ2n) is 8.04. The molecule has 1 atom stereocenters. The summed E-state index contributed by atoms with van der Waals surface area (Å²) >= 11 is 0. The molecule has 156 valence electrons. The number of hydrogen-bond acceptors (Lipinski definition) is 5. The van der Waals surface area contributed by atoms with E-state index in [0.29, 0.717) is 39.1 Å². The Morgan fingerprint density at radius 1 is 1.17 bits per heavy atom. The van der Waals surface area contributed by atoms with E-state index < -0.39 is 0 Å². The second-order valence-corrected chi connectivity index (χ2v) is 8.04. The van der Waals surface area contributed by atoms with Gasteiger partial charge in [-0.25, -0.2) is 9.50 Å². The van der Waals surface area contributed by atoms with Crippen molar-refractivity contribution >= 4 is 17.5 Å². The summed E-state index contributed by atoms with van der Waals surface area (Å²) in [5.74, 6) is 0.545. The Bertz CT molecular complexity index is 932. The Morgan fingerprint density at radius 3 is 2.62 bits per heavy atom. The van der Waals surface area contributed by atoms with Crippen LogP contribution in [0.5, 0.6) is 0 Å². The van der Waals surface area contributed by atoms with Crippen molar-refractivity contribution in [3.8, 4) is 0 Å². The zero-order valence-electron chi connectivity index (χ0n) is 17.5. The van der Waals surface area contributed by atoms with Crippen LogP contribution in [0.2, 0.25) is 0 Å². The molecule has 2 aromatic rings. The van der Waals surface area contributed by atoms with E-state index in [0.717, 1.165) is 47.8 Å². The normalized spacial score (nSPS) is 19.9. The van der Waals surface area contributed by atoms with Gasteiger partial charge in [-0.15, -0.1) is 0 Å². The maximum Gasteiger partial charge on any atom is 0.223 e. The lowest BCUT2D eigenvalue weighted by Crippen LogP contribution is -2.40. The minimum Gasteiger partial charge on any atom is -0.378 e. The largest absolute Gasteiger partial charge is 0.378 e. The first-order chi connectivity index (χ1) is 13.9. The maximum atomic E-state index is 12.5.